The third kappa shape index (κ3) is 0.992. The lowest BCUT2D eigenvalue weighted by Crippen LogP contribution is -2.36. The molecular weight excluding hydrogens is 106 g/mol. The number of rotatable bonds is 1. The zero-order valence-corrected chi connectivity index (χ0v) is 4.26. The molecule has 1 rings (SSSR count). The molecule has 0 fully saturated rings. The lowest BCUT2D eigenvalue weighted by molar-refractivity contribution is -0.119. The van der Waals surface area contributed by atoms with Crippen LogP contribution in [0.2, 0.25) is 0 Å². The van der Waals surface area contributed by atoms with E-state index in [1.807, 2.05) is 0 Å². The molecule has 0 aromatic carbocycles. The van der Waals surface area contributed by atoms with Crippen molar-refractivity contribution in [2.45, 2.75) is 6.23 Å². The highest BCUT2D eigenvalue weighted by atomic mass is 16.5. The first kappa shape index (κ1) is 5.15. The van der Waals surface area contributed by atoms with Gasteiger partial charge in [0, 0.05) is 13.0 Å². The van der Waals surface area contributed by atoms with Crippen LogP contribution in [-0.4, -0.2) is 12.1 Å². The first-order valence-electron chi connectivity index (χ1n) is 2.23. The zero-order chi connectivity index (χ0) is 5.98. The van der Waals surface area contributed by atoms with Gasteiger partial charge in [0.25, 0.3) is 0 Å². The molecule has 1 aliphatic heterocycles. The van der Waals surface area contributed by atoms with Crippen molar-refractivity contribution in [3.8, 4) is 0 Å². The average Bonchev–Trinajstić information content (AvgIpc) is 1.55. The molecule has 1 amide bonds. The molecule has 0 bridgehead atoms. The smallest absolute Gasteiger partial charge is 0.223 e. The summed E-state index contributed by atoms with van der Waals surface area (Å²) in [5, 5.41) is 2.42. The summed E-state index contributed by atoms with van der Waals surface area (Å²) in [4.78, 5) is 10.1. The van der Waals surface area contributed by atoms with Gasteiger partial charge in [-0.2, -0.15) is 0 Å². The fourth-order valence-corrected chi connectivity index (χ4v) is 0.398. The van der Waals surface area contributed by atoms with Gasteiger partial charge in [0.1, 0.15) is 0 Å². The summed E-state index contributed by atoms with van der Waals surface area (Å²) < 4.78 is 4.69. The summed E-state index contributed by atoms with van der Waals surface area (Å²) in [7, 11) is 0. The summed E-state index contributed by atoms with van der Waals surface area (Å²) in [5.41, 5.74) is 0. The Bertz CT molecular complexity index is 130. The maximum Gasteiger partial charge on any atom is 0.223 e. The second-order valence-electron chi connectivity index (χ2n) is 1.45. The Kier molecular flexibility index (Phi) is 1.20. The van der Waals surface area contributed by atoms with E-state index in [4.69, 9.17) is 0 Å². The van der Waals surface area contributed by atoms with Crippen molar-refractivity contribution in [3.05, 3.63) is 19.3 Å². The van der Waals surface area contributed by atoms with Crippen molar-refractivity contribution in [2.24, 2.45) is 0 Å². The second-order valence-corrected chi connectivity index (χ2v) is 1.45. The maximum absolute atomic E-state index is 10.1. The van der Waals surface area contributed by atoms with Gasteiger partial charge in [0.05, 0.1) is 6.26 Å². The lowest BCUT2D eigenvalue weighted by atomic mass is 10.4. The fraction of sp³-hybridized carbons (Fsp3) is 0.200. The van der Waals surface area contributed by atoms with E-state index >= 15 is 0 Å². The highest BCUT2D eigenvalue weighted by Gasteiger charge is 2.10. The van der Waals surface area contributed by atoms with Crippen LogP contribution in [0.3, 0.4) is 0 Å². The highest BCUT2D eigenvalue weighted by molar-refractivity contribution is 5.80. The van der Waals surface area contributed by atoms with Crippen LogP contribution in [0, 0.1) is 6.92 Å². The average molecular weight is 112 g/mol. The monoisotopic (exact) mass is 112 g/mol. The number of hydrogen-bond donors (Lipinski definition) is 1. The number of carbonyl (C=O) groups is 1. The molecule has 0 saturated heterocycles. The van der Waals surface area contributed by atoms with Crippen LogP contribution >= 0.6 is 0 Å². The first-order chi connectivity index (χ1) is 3.79. The van der Waals surface area contributed by atoms with Crippen LogP contribution in [0.25, 0.3) is 0 Å². The summed E-state index contributed by atoms with van der Waals surface area (Å²) in [5.74, 6) is -0.320. The van der Waals surface area contributed by atoms with E-state index in [0.29, 0.717) is 0 Å². The molecule has 1 N–H and O–H groups in total. The fourth-order valence-electron chi connectivity index (χ4n) is 0.398. The molecule has 0 saturated carbocycles. The topological polar surface area (TPSA) is 38.3 Å². The highest BCUT2D eigenvalue weighted by Crippen LogP contribution is 2.00. The predicted octanol–water partition coefficient (Wildman–Crippen LogP) is -0.193. The van der Waals surface area contributed by atoms with Gasteiger partial charge in [-0.1, -0.05) is 0 Å². The van der Waals surface area contributed by atoms with Crippen LogP contribution in [-0.2, 0) is 9.53 Å². The third-order valence-corrected chi connectivity index (χ3v) is 0.782. The second kappa shape index (κ2) is 1.86. The summed E-state index contributed by atoms with van der Waals surface area (Å²) in [6.45, 7) is 3.10. The Labute approximate surface area is 47.3 Å². The third-order valence-electron chi connectivity index (χ3n) is 0.782. The minimum atomic E-state index is -0.320. The van der Waals surface area contributed by atoms with E-state index in [9.17, 15) is 4.79 Å². The van der Waals surface area contributed by atoms with Gasteiger partial charge in [-0.25, -0.2) is 0 Å². The van der Waals surface area contributed by atoms with E-state index in [1.165, 1.54) is 6.26 Å². The zero-order valence-electron chi connectivity index (χ0n) is 4.26. The largest absolute Gasteiger partial charge is 0.475 e. The van der Waals surface area contributed by atoms with Crippen molar-refractivity contribution in [1.29, 1.82) is 0 Å². The van der Waals surface area contributed by atoms with Gasteiger partial charge in [0.2, 0.25) is 5.91 Å². The summed E-state index contributed by atoms with van der Waals surface area (Å²) >= 11 is 0. The van der Waals surface area contributed by atoms with Crippen LogP contribution in [0.4, 0.5) is 0 Å². The van der Waals surface area contributed by atoms with Crippen LogP contribution < -0.4 is 5.32 Å². The quantitative estimate of drug-likeness (QED) is 0.510. The maximum atomic E-state index is 10.1. The van der Waals surface area contributed by atoms with E-state index in [-0.39, 0.29) is 12.1 Å². The molecule has 1 aliphatic rings. The number of nitrogens with one attached hydrogen (secondary N) is 1. The molecule has 1 unspecified atom stereocenters. The Balaban J connectivity index is 2.20. The number of amides is 1. The van der Waals surface area contributed by atoms with Gasteiger partial charge in [-0.15, -0.1) is 0 Å². The molecule has 1 atom stereocenters. The number of hydrogen-bond acceptors (Lipinski definition) is 2. The van der Waals surface area contributed by atoms with Crippen molar-refractivity contribution in [1.82, 2.24) is 5.32 Å². The van der Waals surface area contributed by atoms with Crippen molar-refractivity contribution < 1.29 is 9.53 Å². The lowest BCUT2D eigenvalue weighted by Gasteiger charge is -2.19. The van der Waals surface area contributed by atoms with Crippen LogP contribution in [0.15, 0.2) is 12.3 Å². The summed E-state index contributed by atoms with van der Waals surface area (Å²) in [6, 6.07) is 0. The van der Waals surface area contributed by atoms with Gasteiger partial charge < -0.3 is 10.1 Å². The van der Waals surface area contributed by atoms with Crippen molar-refractivity contribution in [3.63, 3.8) is 0 Å². The Morgan fingerprint density at radius 3 is 2.62 bits per heavy atom. The molecule has 0 aliphatic carbocycles. The number of carbonyl (C=O) groups excluding carboxylic acids is 1. The SMILES string of the molecule is [CH2]C(=O)NC1C=CO1. The minimum Gasteiger partial charge on any atom is -0.475 e. The normalized spacial score (nSPS) is 23.4. The molecule has 1 heterocycles. The molecule has 8 heavy (non-hydrogen) atoms. The van der Waals surface area contributed by atoms with Crippen LogP contribution in [0.1, 0.15) is 0 Å². The molecule has 3 nitrogen and oxygen atoms in total. The Morgan fingerprint density at radius 2 is 2.50 bits per heavy atom. The van der Waals surface area contributed by atoms with Gasteiger partial charge in [0.15, 0.2) is 6.23 Å². The molecule has 3 heteroatoms. The molecule has 0 aromatic rings. The van der Waals surface area contributed by atoms with E-state index in [2.05, 4.69) is 17.0 Å². The standard InChI is InChI=1S/C5H6NO2/c1-4(7)6-5-2-3-8-5/h2-3,5H,1H2,(H,6,7). The van der Waals surface area contributed by atoms with Gasteiger partial charge in [-0.3, -0.25) is 4.79 Å². The van der Waals surface area contributed by atoms with E-state index < -0.39 is 0 Å². The Morgan fingerprint density at radius 1 is 1.88 bits per heavy atom. The molecule has 43 valence electrons. The Hall–Kier alpha value is -0.990. The molecular formula is C5H6NO2. The minimum absolute atomic E-state index is 0.236. The number of ether oxygens (including phenoxy) is 1. The predicted molar refractivity (Wildman–Crippen MR) is 27.5 cm³/mol. The first-order valence-corrected chi connectivity index (χ1v) is 2.23. The van der Waals surface area contributed by atoms with Crippen LogP contribution in [0.5, 0.6) is 0 Å². The van der Waals surface area contributed by atoms with E-state index in [0.717, 1.165) is 0 Å². The summed E-state index contributed by atoms with van der Waals surface area (Å²) in [6.07, 6.45) is 3.00. The molecule has 0 aromatic heterocycles. The van der Waals surface area contributed by atoms with E-state index in [1.54, 1.807) is 6.08 Å². The molecule has 1 radical (unpaired) electrons. The van der Waals surface area contributed by atoms with Gasteiger partial charge >= 0.3 is 0 Å². The molecule has 0 spiro atoms. The van der Waals surface area contributed by atoms with Crippen molar-refractivity contribution >= 4 is 5.91 Å². The van der Waals surface area contributed by atoms with Crippen molar-refractivity contribution in [2.75, 3.05) is 0 Å². The van der Waals surface area contributed by atoms with Gasteiger partial charge in [-0.05, 0) is 0 Å².